The number of hydrogen-bond acceptors (Lipinski definition) is 1. The summed E-state index contributed by atoms with van der Waals surface area (Å²) in [7, 11) is 0. The second-order valence-corrected chi connectivity index (χ2v) is 5.41. The van der Waals surface area contributed by atoms with Gasteiger partial charge in [0.25, 0.3) is 0 Å². The molecule has 0 saturated heterocycles. The van der Waals surface area contributed by atoms with Crippen LogP contribution in [0.25, 0.3) is 5.52 Å². The molecule has 0 atom stereocenters. The van der Waals surface area contributed by atoms with Crippen LogP contribution in [0.4, 0.5) is 0 Å². The van der Waals surface area contributed by atoms with Crippen molar-refractivity contribution in [3.63, 3.8) is 0 Å². The molecule has 0 unspecified atom stereocenters. The summed E-state index contributed by atoms with van der Waals surface area (Å²) in [4.78, 5) is 0. The van der Waals surface area contributed by atoms with Gasteiger partial charge in [-0.3, -0.25) is 0 Å². The Morgan fingerprint density at radius 3 is 2.64 bits per heavy atom. The molecular formula is C11H13BrN2. The van der Waals surface area contributed by atoms with Crippen LogP contribution in [0.1, 0.15) is 26.5 Å². The smallest absolute Gasteiger partial charge is 0.0688 e. The Hall–Kier alpha value is -0.830. The zero-order chi connectivity index (χ0) is 10.3. The Kier molecular flexibility index (Phi) is 2.14. The van der Waals surface area contributed by atoms with Crippen molar-refractivity contribution in [2.45, 2.75) is 26.2 Å². The molecule has 2 heterocycles. The van der Waals surface area contributed by atoms with Crippen LogP contribution in [0.5, 0.6) is 0 Å². The van der Waals surface area contributed by atoms with Crippen LogP contribution >= 0.6 is 15.9 Å². The zero-order valence-electron chi connectivity index (χ0n) is 8.58. The highest BCUT2D eigenvalue weighted by Crippen LogP contribution is 2.22. The molecule has 2 aromatic rings. The van der Waals surface area contributed by atoms with Gasteiger partial charge in [0.15, 0.2) is 0 Å². The van der Waals surface area contributed by atoms with Crippen molar-refractivity contribution >= 4 is 21.4 Å². The lowest BCUT2D eigenvalue weighted by Crippen LogP contribution is -2.11. The molecule has 2 nitrogen and oxygen atoms in total. The molecule has 0 radical (unpaired) electrons. The van der Waals surface area contributed by atoms with Crippen molar-refractivity contribution in [3.8, 4) is 0 Å². The van der Waals surface area contributed by atoms with Crippen molar-refractivity contribution in [2.24, 2.45) is 0 Å². The first-order valence-electron chi connectivity index (χ1n) is 4.62. The third-order valence-electron chi connectivity index (χ3n) is 2.19. The third-order valence-corrected chi connectivity index (χ3v) is 2.66. The summed E-state index contributed by atoms with van der Waals surface area (Å²) in [6.07, 6.45) is 1.98. The van der Waals surface area contributed by atoms with E-state index in [0.717, 1.165) is 15.7 Å². The molecule has 0 aliphatic carbocycles. The number of aromatic nitrogens is 2. The van der Waals surface area contributed by atoms with E-state index in [0.29, 0.717) is 0 Å². The molecule has 0 aromatic carbocycles. The highest BCUT2D eigenvalue weighted by Gasteiger charge is 2.17. The molecule has 0 aliphatic rings. The van der Waals surface area contributed by atoms with Gasteiger partial charge in [-0.25, -0.2) is 4.52 Å². The zero-order valence-corrected chi connectivity index (χ0v) is 10.2. The molecule has 0 amide bonds. The number of nitrogens with zero attached hydrogens (tertiary/aromatic N) is 2. The van der Waals surface area contributed by atoms with Crippen molar-refractivity contribution < 1.29 is 0 Å². The van der Waals surface area contributed by atoms with Crippen LogP contribution < -0.4 is 0 Å². The molecule has 3 heteroatoms. The second-order valence-electron chi connectivity index (χ2n) is 4.50. The Balaban J connectivity index is 2.63. The van der Waals surface area contributed by atoms with E-state index in [2.05, 4.69) is 53.9 Å². The maximum Gasteiger partial charge on any atom is 0.0688 e. The van der Waals surface area contributed by atoms with Crippen LogP contribution in [0, 0.1) is 0 Å². The van der Waals surface area contributed by atoms with E-state index in [1.807, 2.05) is 16.8 Å². The van der Waals surface area contributed by atoms with Crippen LogP contribution in [0.2, 0.25) is 0 Å². The lowest BCUT2D eigenvalue weighted by molar-refractivity contribution is 0.562. The Morgan fingerprint density at radius 2 is 2.00 bits per heavy atom. The number of halogens is 1. The van der Waals surface area contributed by atoms with E-state index in [-0.39, 0.29) is 5.41 Å². The van der Waals surface area contributed by atoms with Gasteiger partial charge < -0.3 is 0 Å². The fourth-order valence-corrected chi connectivity index (χ4v) is 1.65. The molecule has 0 saturated carbocycles. The molecule has 0 bridgehead atoms. The second kappa shape index (κ2) is 3.09. The molecule has 74 valence electrons. The highest BCUT2D eigenvalue weighted by atomic mass is 79.9. The minimum absolute atomic E-state index is 0.110. The monoisotopic (exact) mass is 252 g/mol. The van der Waals surface area contributed by atoms with Gasteiger partial charge in [-0.15, -0.1) is 0 Å². The fraction of sp³-hybridized carbons (Fsp3) is 0.364. The minimum Gasteiger partial charge on any atom is -0.240 e. The van der Waals surface area contributed by atoms with Gasteiger partial charge >= 0.3 is 0 Å². The average molecular weight is 253 g/mol. The SMILES string of the molecule is CC(C)(C)c1cc2ccc(Br)cn2n1. The van der Waals surface area contributed by atoms with Crippen molar-refractivity contribution in [2.75, 3.05) is 0 Å². The molecule has 0 spiro atoms. The van der Waals surface area contributed by atoms with E-state index in [4.69, 9.17) is 0 Å². The van der Waals surface area contributed by atoms with Gasteiger partial charge in [-0.05, 0) is 34.1 Å². The van der Waals surface area contributed by atoms with Crippen molar-refractivity contribution in [1.82, 2.24) is 9.61 Å². The minimum atomic E-state index is 0.110. The molecule has 0 aliphatic heterocycles. The van der Waals surface area contributed by atoms with E-state index in [1.54, 1.807) is 0 Å². The fourth-order valence-electron chi connectivity index (χ4n) is 1.33. The number of hydrogen-bond donors (Lipinski definition) is 0. The van der Waals surface area contributed by atoms with Crippen LogP contribution in [0.3, 0.4) is 0 Å². The summed E-state index contributed by atoms with van der Waals surface area (Å²) in [6.45, 7) is 6.51. The van der Waals surface area contributed by atoms with E-state index in [1.165, 1.54) is 0 Å². The molecule has 0 fully saturated rings. The van der Waals surface area contributed by atoms with E-state index >= 15 is 0 Å². The standard InChI is InChI=1S/C11H13BrN2/c1-11(2,3)10-6-9-5-4-8(12)7-14(9)13-10/h4-7H,1-3H3. The molecule has 14 heavy (non-hydrogen) atoms. The third kappa shape index (κ3) is 1.69. The maximum atomic E-state index is 4.53. The summed E-state index contributed by atoms with van der Waals surface area (Å²) < 4.78 is 2.96. The van der Waals surface area contributed by atoms with Crippen LogP contribution in [-0.2, 0) is 5.41 Å². The molecular weight excluding hydrogens is 240 g/mol. The number of rotatable bonds is 0. The summed E-state index contributed by atoms with van der Waals surface area (Å²) in [6, 6.07) is 6.22. The Bertz CT molecular complexity index is 466. The average Bonchev–Trinajstić information content (AvgIpc) is 2.45. The Morgan fingerprint density at radius 1 is 1.29 bits per heavy atom. The predicted octanol–water partition coefficient (Wildman–Crippen LogP) is 3.39. The predicted molar refractivity (Wildman–Crippen MR) is 61.6 cm³/mol. The van der Waals surface area contributed by atoms with Gasteiger partial charge in [-0.2, -0.15) is 5.10 Å². The van der Waals surface area contributed by atoms with Crippen molar-refractivity contribution in [3.05, 3.63) is 34.6 Å². The molecule has 0 N–H and O–H groups in total. The summed E-state index contributed by atoms with van der Waals surface area (Å²) in [5.74, 6) is 0. The van der Waals surface area contributed by atoms with E-state index < -0.39 is 0 Å². The van der Waals surface area contributed by atoms with Gasteiger partial charge in [-0.1, -0.05) is 20.8 Å². The van der Waals surface area contributed by atoms with Crippen molar-refractivity contribution in [1.29, 1.82) is 0 Å². The van der Waals surface area contributed by atoms with Crippen LogP contribution in [0.15, 0.2) is 28.9 Å². The lowest BCUT2D eigenvalue weighted by atomic mass is 9.92. The van der Waals surface area contributed by atoms with Gasteiger partial charge in [0.05, 0.1) is 11.2 Å². The highest BCUT2D eigenvalue weighted by molar-refractivity contribution is 9.10. The number of pyridine rings is 1. The summed E-state index contributed by atoms with van der Waals surface area (Å²) in [5.41, 5.74) is 2.37. The number of fused-ring (bicyclic) bond motifs is 1. The largest absolute Gasteiger partial charge is 0.240 e. The first-order valence-corrected chi connectivity index (χ1v) is 5.41. The summed E-state index contributed by atoms with van der Waals surface area (Å²) >= 11 is 3.43. The summed E-state index contributed by atoms with van der Waals surface area (Å²) in [5, 5.41) is 4.53. The maximum absolute atomic E-state index is 4.53. The van der Waals surface area contributed by atoms with Gasteiger partial charge in [0, 0.05) is 16.1 Å². The Labute approximate surface area is 92.1 Å². The van der Waals surface area contributed by atoms with E-state index in [9.17, 15) is 0 Å². The van der Waals surface area contributed by atoms with Gasteiger partial charge in [0.2, 0.25) is 0 Å². The quantitative estimate of drug-likeness (QED) is 0.703. The molecule has 2 rings (SSSR count). The molecule has 2 aromatic heterocycles. The van der Waals surface area contributed by atoms with Gasteiger partial charge in [0.1, 0.15) is 0 Å². The first-order chi connectivity index (χ1) is 6.47. The normalized spacial score (nSPS) is 12.3. The van der Waals surface area contributed by atoms with Crippen LogP contribution in [-0.4, -0.2) is 9.61 Å². The first kappa shape index (κ1) is 9.71. The lowest BCUT2D eigenvalue weighted by Gasteiger charge is -2.13. The topological polar surface area (TPSA) is 17.3 Å².